The summed E-state index contributed by atoms with van der Waals surface area (Å²) in [5, 5.41) is 0. The van der Waals surface area contributed by atoms with Crippen molar-refractivity contribution < 1.29 is 25.8 Å². The van der Waals surface area contributed by atoms with E-state index in [0.29, 0.717) is 30.1 Å². The second-order valence-electron chi connectivity index (χ2n) is 14.9. The maximum Gasteiger partial charge on any atom is 0.534 e. The normalized spacial score (nSPS) is 48.2. The predicted octanol–water partition coefficient (Wildman–Crippen LogP) is 7.72. The molecule has 4 fully saturated rings. The molecule has 4 nitrogen and oxygen atoms in total. The van der Waals surface area contributed by atoms with Crippen LogP contribution in [0.1, 0.15) is 99.3 Å². The van der Waals surface area contributed by atoms with Gasteiger partial charge in [0.1, 0.15) is 5.76 Å². The molecule has 5 aliphatic carbocycles. The Kier molecular flexibility index (Phi) is 6.20. The van der Waals surface area contributed by atoms with Gasteiger partial charge < -0.3 is 9.92 Å². The van der Waals surface area contributed by atoms with Crippen LogP contribution in [-0.4, -0.2) is 19.5 Å². The summed E-state index contributed by atoms with van der Waals surface area (Å²) in [6, 6.07) is 0. The third-order valence-electron chi connectivity index (χ3n) is 13.1. The average Bonchev–Trinajstić information content (AvgIpc) is 3.13. The summed E-state index contributed by atoms with van der Waals surface area (Å²) < 4.78 is 68.1. The summed E-state index contributed by atoms with van der Waals surface area (Å²) in [7, 11) is -5.70. The maximum atomic E-state index is 13.2. The second kappa shape index (κ2) is 8.27. The topological polar surface area (TPSA) is 69.4 Å². The molecule has 5 aliphatic rings. The van der Waals surface area contributed by atoms with Crippen molar-refractivity contribution in [3.63, 3.8) is 0 Å². The highest BCUT2D eigenvalue weighted by Crippen LogP contribution is 2.76. The highest BCUT2D eigenvalue weighted by atomic mass is 32.2. The summed E-state index contributed by atoms with van der Waals surface area (Å²) in [6.45, 7) is 17.5. The summed E-state index contributed by atoms with van der Waals surface area (Å²) in [5.41, 5.74) is 2.08. The van der Waals surface area contributed by atoms with Crippen molar-refractivity contribution in [2.75, 3.05) is 0 Å². The van der Waals surface area contributed by atoms with Gasteiger partial charge in [0, 0.05) is 11.0 Å². The van der Waals surface area contributed by atoms with Crippen LogP contribution < -0.4 is 5.73 Å². The molecule has 8 heteroatoms. The number of halogens is 3. The molecule has 0 aromatic carbocycles. The highest BCUT2D eigenvalue weighted by Gasteiger charge is 2.70. The Morgan fingerprint density at radius 3 is 2.24 bits per heavy atom. The third-order valence-corrected chi connectivity index (χ3v) is 14.1. The number of nitrogens with two attached hydrogens (primary N) is 1. The number of hydrogen-bond donors (Lipinski definition) is 1. The Morgan fingerprint density at radius 2 is 1.63 bits per heavy atom. The zero-order valence-corrected chi connectivity index (χ0v) is 24.7. The van der Waals surface area contributed by atoms with E-state index in [1.807, 2.05) is 13.8 Å². The smallest absolute Gasteiger partial charge is 0.380 e. The molecule has 0 heterocycles. The van der Waals surface area contributed by atoms with Gasteiger partial charge in [0.05, 0.1) is 0 Å². The molecule has 4 saturated carbocycles. The van der Waals surface area contributed by atoms with Gasteiger partial charge in [0.25, 0.3) is 0 Å². The summed E-state index contributed by atoms with van der Waals surface area (Å²) >= 11 is 0. The van der Waals surface area contributed by atoms with Crippen LogP contribution in [-0.2, 0) is 14.3 Å². The van der Waals surface area contributed by atoms with Crippen LogP contribution in [0.25, 0.3) is 0 Å². The lowest BCUT2D eigenvalue weighted by Gasteiger charge is -2.72. The Morgan fingerprint density at radius 1 is 0.974 bits per heavy atom. The molecular weight excluding hydrogens is 511 g/mol. The Balaban J connectivity index is 1.51. The maximum absolute atomic E-state index is 13.2. The minimum atomic E-state index is -5.70. The van der Waals surface area contributed by atoms with Gasteiger partial charge in [-0.3, -0.25) is 0 Å². The molecule has 1 unspecified atom stereocenters. The van der Waals surface area contributed by atoms with Gasteiger partial charge in [-0.15, -0.1) is 0 Å². The number of alkyl halides is 3. The highest BCUT2D eigenvalue weighted by molar-refractivity contribution is 7.87. The number of fused-ring (bicyclic) bond motifs is 7. The molecule has 0 saturated heterocycles. The molecule has 0 aromatic heterocycles. The molecular formula is C30H46F3NO3S. The van der Waals surface area contributed by atoms with Crippen molar-refractivity contribution in [2.24, 2.45) is 57.0 Å². The van der Waals surface area contributed by atoms with E-state index >= 15 is 0 Å². The van der Waals surface area contributed by atoms with Crippen LogP contribution in [0.3, 0.4) is 0 Å². The van der Waals surface area contributed by atoms with Gasteiger partial charge in [0.15, 0.2) is 0 Å². The summed E-state index contributed by atoms with van der Waals surface area (Å²) in [5.74, 6) is 1.84. The molecule has 216 valence electrons. The second-order valence-corrected chi connectivity index (χ2v) is 16.4. The van der Waals surface area contributed by atoms with Gasteiger partial charge in [0.2, 0.25) is 0 Å². The van der Waals surface area contributed by atoms with Crippen LogP contribution in [0.2, 0.25) is 0 Å². The standard InChI is InChI=1S/C30H46F3NO3S/c1-18(2)19-10-15-29(34)17-16-27(6)20(24(19)29)8-9-22-26(5)13-12-23(37-38(35,36)30(31,32)33)25(3,4)21(26)11-14-28(22,27)7/h12,19-22,24H,1,8-11,13-17,34H2,2-7H3/t19-,20+,21-,22+,24?,26-,27+,28+,29-/m0/s1. The number of hydrogen-bond acceptors (Lipinski definition) is 4. The van der Waals surface area contributed by atoms with Gasteiger partial charge >= 0.3 is 15.6 Å². The SMILES string of the molecule is C=C(C)[C@@H]1CC[C@]2(N)CC[C@]3(C)[C@H](CC[C@@H]4[C@@]5(C)CC=C(OS(=O)(=O)C(F)(F)F)C(C)(C)[C@@H]5CC[C@]43C)C12. The molecule has 0 aliphatic heterocycles. The first-order valence-corrected chi connectivity index (χ1v) is 15.8. The van der Waals surface area contributed by atoms with E-state index in [4.69, 9.17) is 9.92 Å². The van der Waals surface area contributed by atoms with Gasteiger partial charge in [-0.25, -0.2) is 0 Å². The van der Waals surface area contributed by atoms with E-state index < -0.39 is 21.0 Å². The molecule has 0 spiro atoms. The van der Waals surface area contributed by atoms with E-state index in [0.717, 1.165) is 51.4 Å². The van der Waals surface area contributed by atoms with E-state index in [1.54, 1.807) is 6.08 Å². The predicted molar refractivity (Wildman–Crippen MR) is 143 cm³/mol. The van der Waals surface area contributed by atoms with Crippen LogP contribution in [0.5, 0.6) is 0 Å². The zero-order chi connectivity index (χ0) is 28.3. The minimum absolute atomic E-state index is 0.0310. The largest absolute Gasteiger partial charge is 0.534 e. The monoisotopic (exact) mass is 557 g/mol. The molecule has 0 bridgehead atoms. The molecule has 0 radical (unpaired) electrons. The molecule has 2 N–H and O–H groups in total. The lowest BCUT2D eigenvalue weighted by molar-refractivity contribution is -0.221. The molecule has 0 aromatic rings. The fourth-order valence-electron chi connectivity index (χ4n) is 11.1. The fraction of sp³-hybridized carbons (Fsp3) is 0.867. The average molecular weight is 558 g/mol. The van der Waals surface area contributed by atoms with E-state index in [2.05, 4.69) is 34.3 Å². The summed E-state index contributed by atoms with van der Waals surface area (Å²) in [4.78, 5) is 0. The van der Waals surface area contributed by atoms with Gasteiger partial charge in [-0.2, -0.15) is 21.6 Å². The lowest BCUT2D eigenvalue weighted by Crippen LogP contribution is -2.67. The van der Waals surface area contributed by atoms with Crippen molar-refractivity contribution in [1.82, 2.24) is 0 Å². The quantitative estimate of drug-likeness (QED) is 0.219. The van der Waals surface area contributed by atoms with E-state index in [1.165, 1.54) is 5.57 Å². The third kappa shape index (κ3) is 3.60. The zero-order valence-electron chi connectivity index (χ0n) is 23.9. The number of rotatable bonds is 3. The summed E-state index contributed by atoms with van der Waals surface area (Å²) in [6.07, 6.45) is 10.5. The van der Waals surface area contributed by atoms with Crippen molar-refractivity contribution >= 4 is 10.1 Å². The van der Waals surface area contributed by atoms with Crippen LogP contribution in [0.4, 0.5) is 13.2 Å². The molecule has 5 rings (SSSR count). The minimum Gasteiger partial charge on any atom is -0.380 e. The lowest BCUT2D eigenvalue weighted by atomic mass is 9.33. The Hall–Kier alpha value is -1.02. The van der Waals surface area contributed by atoms with Crippen molar-refractivity contribution in [3.8, 4) is 0 Å². The first-order chi connectivity index (χ1) is 17.2. The Labute approximate surface area is 227 Å². The Bertz CT molecular complexity index is 1160. The number of allylic oxidation sites excluding steroid dienone is 3. The van der Waals surface area contributed by atoms with Crippen molar-refractivity contribution in [2.45, 2.75) is 110 Å². The van der Waals surface area contributed by atoms with Crippen LogP contribution >= 0.6 is 0 Å². The van der Waals surface area contributed by atoms with Crippen LogP contribution in [0.15, 0.2) is 24.0 Å². The molecule has 0 amide bonds. The van der Waals surface area contributed by atoms with E-state index in [9.17, 15) is 21.6 Å². The van der Waals surface area contributed by atoms with Crippen molar-refractivity contribution in [1.29, 1.82) is 0 Å². The first-order valence-electron chi connectivity index (χ1n) is 14.4. The van der Waals surface area contributed by atoms with Gasteiger partial charge in [-0.1, -0.05) is 46.8 Å². The van der Waals surface area contributed by atoms with Gasteiger partial charge in [-0.05, 0) is 117 Å². The molecule has 38 heavy (non-hydrogen) atoms. The fourth-order valence-corrected chi connectivity index (χ4v) is 11.7. The van der Waals surface area contributed by atoms with Crippen molar-refractivity contribution in [3.05, 3.63) is 24.0 Å². The van der Waals surface area contributed by atoms with Crippen LogP contribution in [0, 0.1) is 51.2 Å². The molecule has 9 atom stereocenters. The van der Waals surface area contributed by atoms with E-state index in [-0.39, 0.29) is 33.5 Å². The first kappa shape index (κ1) is 28.5.